The molecule has 4 rings (SSSR count). The molecule has 26 heavy (non-hydrogen) atoms. The van der Waals surface area contributed by atoms with Crippen molar-refractivity contribution in [3.63, 3.8) is 0 Å². The van der Waals surface area contributed by atoms with Gasteiger partial charge in [0, 0.05) is 43.8 Å². The van der Waals surface area contributed by atoms with Crippen molar-refractivity contribution in [2.75, 3.05) is 26.2 Å². The average Bonchev–Trinajstić information content (AvgIpc) is 2.69. The average molecular weight is 370 g/mol. The molecule has 4 aliphatic rings. The largest absolute Gasteiger partial charge is 0.385 e. The molecule has 0 aromatic rings. The molecule has 0 aromatic heterocycles. The van der Waals surface area contributed by atoms with Crippen molar-refractivity contribution in [2.24, 2.45) is 4.99 Å². The van der Waals surface area contributed by atoms with Crippen LogP contribution in [0.3, 0.4) is 0 Å². The SMILES string of the molecule is C[Si](C)(C(C1C=CC=CN1)C1C=CC=CN1)N1CCCN2CCCN=C21. The predicted octanol–water partition coefficient (Wildman–Crippen LogP) is 2.41. The van der Waals surface area contributed by atoms with Gasteiger partial charge in [-0.3, -0.25) is 4.99 Å². The summed E-state index contributed by atoms with van der Waals surface area (Å²) in [6.45, 7) is 9.51. The van der Waals surface area contributed by atoms with Gasteiger partial charge in [-0.25, -0.2) is 0 Å². The molecule has 1 saturated heterocycles. The first-order chi connectivity index (χ1) is 12.7. The Labute approximate surface area is 158 Å². The van der Waals surface area contributed by atoms with Crippen LogP contribution in [0.5, 0.6) is 0 Å². The maximum absolute atomic E-state index is 4.97. The lowest BCUT2D eigenvalue weighted by Crippen LogP contribution is -2.67. The summed E-state index contributed by atoms with van der Waals surface area (Å²) in [5, 5.41) is 7.25. The number of guanidine groups is 1. The molecular weight excluding hydrogens is 338 g/mol. The molecule has 0 bridgehead atoms. The fourth-order valence-electron chi connectivity index (χ4n) is 4.83. The van der Waals surface area contributed by atoms with Crippen molar-refractivity contribution in [3.05, 3.63) is 48.9 Å². The second-order valence-electron chi connectivity index (χ2n) is 8.08. The molecule has 6 heteroatoms. The van der Waals surface area contributed by atoms with Crippen LogP contribution in [0, 0.1) is 0 Å². The zero-order valence-corrected chi connectivity index (χ0v) is 16.9. The molecule has 2 atom stereocenters. The number of allylic oxidation sites excluding steroid dienone is 4. The Bertz CT molecular complexity index is 633. The number of dihydropyridines is 2. The molecule has 0 aliphatic carbocycles. The zero-order chi connectivity index (χ0) is 18.0. The Morgan fingerprint density at radius 1 is 0.962 bits per heavy atom. The van der Waals surface area contributed by atoms with Gasteiger partial charge in [-0.05, 0) is 37.4 Å². The van der Waals surface area contributed by atoms with Gasteiger partial charge in [-0.2, -0.15) is 0 Å². The lowest BCUT2D eigenvalue weighted by Gasteiger charge is -2.53. The highest BCUT2D eigenvalue weighted by atomic mass is 28.3. The minimum atomic E-state index is -1.85. The maximum atomic E-state index is 4.97. The number of nitrogens with zero attached hydrogens (tertiary/aromatic N) is 3. The highest BCUT2D eigenvalue weighted by Crippen LogP contribution is 2.37. The van der Waals surface area contributed by atoms with Gasteiger partial charge in [0.15, 0.2) is 14.2 Å². The van der Waals surface area contributed by atoms with Crippen LogP contribution in [0.1, 0.15) is 12.8 Å². The first kappa shape index (κ1) is 17.5. The number of nitrogens with one attached hydrogen (secondary N) is 2. The lowest BCUT2D eigenvalue weighted by atomic mass is 10.0. The molecule has 0 radical (unpaired) electrons. The van der Waals surface area contributed by atoms with Crippen molar-refractivity contribution in [1.82, 2.24) is 20.1 Å². The summed E-state index contributed by atoms with van der Waals surface area (Å²) in [4.78, 5) is 7.49. The monoisotopic (exact) mass is 369 g/mol. The normalized spacial score (nSPS) is 28.9. The maximum Gasteiger partial charge on any atom is 0.188 e. The van der Waals surface area contributed by atoms with E-state index in [1.165, 1.54) is 31.9 Å². The van der Waals surface area contributed by atoms with E-state index in [2.05, 4.69) is 82.0 Å². The summed E-state index contributed by atoms with van der Waals surface area (Å²) in [5.41, 5.74) is 0.495. The fourth-order valence-corrected chi connectivity index (χ4v) is 8.82. The van der Waals surface area contributed by atoms with Crippen molar-refractivity contribution in [3.8, 4) is 0 Å². The molecule has 0 amide bonds. The van der Waals surface area contributed by atoms with E-state index in [1.54, 1.807) is 0 Å². The van der Waals surface area contributed by atoms with Crippen LogP contribution in [0.4, 0.5) is 0 Å². The summed E-state index contributed by atoms with van der Waals surface area (Å²) in [6, 6.07) is 0.685. The summed E-state index contributed by atoms with van der Waals surface area (Å²) in [6.07, 6.45) is 19.8. The Morgan fingerprint density at radius 3 is 2.23 bits per heavy atom. The Hall–Kier alpha value is -1.95. The van der Waals surface area contributed by atoms with Crippen molar-refractivity contribution in [1.29, 1.82) is 0 Å². The van der Waals surface area contributed by atoms with Gasteiger partial charge < -0.3 is 20.1 Å². The summed E-state index contributed by atoms with van der Waals surface area (Å²) >= 11 is 0. The molecule has 4 aliphatic heterocycles. The third-order valence-electron chi connectivity index (χ3n) is 6.09. The van der Waals surface area contributed by atoms with Crippen LogP contribution in [0.2, 0.25) is 18.6 Å². The number of fused-ring (bicyclic) bond motifs is 1. The summed E-state index contributed by atoms with van der Waals surface area (Å²) in [5.74, 6) is 1.27. The molecule has 2 unspecified atom stereocenters. The summed E-state index contributed by atoms with van der Waals surface area (Å²) < 4.78 is 2.71. The second kappa shape index (κ2) is 7.35. The topological polar surface area (TPSA) is 42.9 Å². The number of hydrogen-bond acceptors (Lipinski definition) is 5. The van der Waals surface area contributed by atoms with Crippen LogP contribution >= 0.6 is 0 Å². The fraction of sp³-hybridized carbons (Fsp3) is 0.550. The first-order valence-corrected chi connectivity index (χ1v) is 13.0. The Kier molecular flexibility index (Phi) is 4.93. The van der Waals surface area contributed by atoms with E-state index < -0.39 is 8.24 Å². The lowest BCUT2D eigenvalue weighted by molar-refractivity contribution is 0.292. The molecule has 4 heterocycles. The number of aliphatic imine (C=N–C) groups is 1. The number of rotatable bonds is 4. The standard InChI is InChI=1S/C20H31N5Si/c1-26(2,25-16-8-15-24-14-7-13-23-20(24)25)19(17-9-3-5-11-21-17)18-10-4-6-12-22-18/h3-6,9-12,17-19,21-22H,7-8,13-16H2,1-2H3. The molecular formula is C20H31N5Si. The van der Waals surface area contributed by atoms with Crippen LogP contribution in [-0.2, 0) is 0 Å². The van der Waals surface area contributed by atoms with Gasteiger partial charge >= 0.3 is 0 Å². The minimum absolute atomic E-state index is 0.342. The Morgan fingerprint density at radius 2 is 1.62 bits per heavy atom. The van der Waals surface area contributed by atoms with E-state index in [0.717, 1.165) is 13.1 Å². The second-order valence-corrected chi connectivity index (χ2v) is 12.6. The van der Waals surface area contributed by atoms with E-state index >= 15 is 0 Å². The van der Waals surface area contributed by atoms with E-state index in [0.29, 0.717) is 17.6 Å². The zero-order valence-electron chi connectivity index (χ0n) is 15.9. The van der Waals surface area contributed by atoms with Crippen LogP contribution in [0.15, 0.2) is 53.8 Å². The quantitative estimate of drug-likeness (QED) is 0.747. The molecule has 140 valence electrons. The molecule has 0 saturated carbocycles. The third kappa shape index (κ3) is 3.22. The highest BCUT2D eigenvalue weighted by Gasteiger charge is 2.48. The molecule has 0 aromatic carbocycles. The number of hydrogen-bond donors (Lipinski definition) is 2. The van der Waals surface area contributed by atoms with E-state index in [4.69, 9.17) is 4.99 Å². The molecule has 2 N–H and O–H groups in total. The van der Waals surface area contributed by atoms with Crippen molar-refractivity contribution in [2.45, 2.75) is 43.6 Å². The van der Waals surface area contributed by atoms with E-state index in [1.807, 2.05) is 0 Å². The van der Waals surface area contributed by atoms with Gasteiger partial charge in [0.1, 0.15) is 0 Å². The highest BCUT2D eigenvalue weighted by molar-refractivity contribution is 6.78. The van der Waals surface area contributed by atoms with Gasteiger partial charge in [-0.1, -0.05) is 37.4 Å². The molecule has 5 nitrogen and oxygen atoms in total. The van der Waals surface area contributed by atoms with Crippen LogP contribution in [0.25, 0.3) is 0 Å². The van der Waals surface area contributed by atoms with Gasteiger partial charge in [0.2, 0.25) is 0 Å². The van der Waals surface area contributed by atoms with E-state index in [9.17, 15) is 0 Å². The Balaban J connectivity index is 1.67. The molecule has 0 spiro atoms. The smallest absolute Gasteiger partial charge is 0.188 e. The molecule has 1 fully saturated rings. The van der Waals surface area contributed by atoms with Gasteiger partial charge in [0.05, 0.1) is 0 Å². The first-order valence-electron chi connectivity index (χ1n) is 9.94. The summed E-state index contributed by atoms with van der Waals surface area (Å²) in [7, 11) is -1.85. The minimum Gasteiger partial charge on any atom is -0.385 e. The van der Waals surface area contributed by atoms with Crippen molar-refractivity contribution >= 4 is 14.2 Å². The van der Waals surface area contributed by atoms with Crippen LogP contribution in [-0.4, -0.2) is 61.9 Å². The third-order valence-corrected chi connectivity index (χ3v) is 10.3. The van der Waals surface area contributed by atoms with Gasteiger partial charge in [0.25, 0.3) is 0 Å². The van der Waals surface area contributed by atoms with Gasteiger partial charge in [-0.15, -0.1) is 0 Å². The van der Waals surface area contributed by atoms with E-state index in [-0.39, 0.29) is 0 Å². The predicted molar refractivity (Wildman–Crippen MR) is 111 cm³/mol. The van der Waals surface area contributed by atoms with Crippen LogP contribution < -0.4 is 10.6 Å². The van der Waals surface area contributed by atoms with Crippen molar-refractivity contribution < 1.29 is 0 Å².